The van der Waals surface area contributed by atoms with E-state index in [-0.39, 0.29) is 4.65 Å². The molecule has 0 aromatic rings. The average molecular weight is 158 g/mol. The molecule has 1 saturated heterocycles. The van der Waals surface area contributed by atoms with E-state index in [0.717, 1.165) is 26.1 Å². The lowest BCUT2D eigenvalue weighted by Gasteiger charge is -2.37. The molecule has 1 aliphatic heterocycles. The SMILES string of the molecule is CCCCC[N+]1([O-])CCNC1. The summed E-state index contributed by atoms with van der Waals surface area (Å²) in [6, 6.07) is 0. The first kappa shape index (κ1) is 8.97. The van der Waals surface area contributed by atoms with Gasteiger partial charge in [0.05, 0.1) is 19.6 Å². The summed E-state index contributed by atoms with van der Waals surface area (Å²) in [6.45, 7) is 5.27. The maximum atomic E-state index is 11.7. The minimum Gasteiger partial charge on any atom is -0.632 e. The van der Waals surface area contributed by atoms with Gasteiger partial charge in [-0.05, 0) is 12.8 Å². The molecule has 1 aliphatic rings. The Bertz CT molecular complexity index is 111. The Balaban J connectivity index is 2.13. The number of nitrogens with one attached hydrogen (secondary N) is 1. The van der Waals surface area contributed by atoms with E-state index >= 15 is 0 Å². The van der Waals surface area contributed by atoms with Crippen LogP contribution < -0.4 is 5.32 Å². The molecule has 11 heavy (non-hydrogen) atoms. The highest BCUT2D eigenvalue weighted by Crippen LogP contribution is 2.09. The standard InChI is InChI=1S/C8H18N2O/c1-2-3-4-6-10(11)7-5-9-8-10/h9H,2-8H2,1H3. The van der Waals surface area contributed by atoms with Gasteiger partial charge in [0.1, 0.15) is 6.67 Å². The topological polar surface area (TPSA) is 35.1 Å². The second kappa shape index (κ2) is 4.04. The lowest BCUT2D eigenvalue weighted by molar-refractivity contribution is -0.869. The van der Waals surface area contributed by atoms with E-state index in [1.807, 2.05) is 0 Å². The summed E-state index contributed by atoms with van der Waals surface area (Å²) in [6.07, 6.45) is 3.48. The third kappa shape index (κ3) is 2.77. The van der Waals surface area contributed by atoms with E-state index in [1.54, 1.807) is 0 Å². The van der Waals surface area contributed by atoms with Gasteiger partial charge in [0.2, 0.25) is 0 Å². The van der Waals surface area contributed by atoms with E-state index in [2.05, 4.69) is 12.2 Å². The van der Waals surface area contributed by atoms with Crippen LogP contribution >= 0.6 is 0 Å². The van der Waals surface area contributed by atoms with Crippen molar-refractivity contribution < 1.29 is 4.65 Å². The Morgan fingerprint density at radius 3 is 2.82 bits per heavy atom. The predicted molar refractivity (Wildman–Crippen MR) is 45.8 cm³/mol. The van der Waals surface area contributed by atoms with Crippen LogP contribution in [0.3, 0.4) is 0 Å². The van der Waals surface area contributed by atoms with Gasteiger partial charge in [0, 0.05) is 0 Å². The highest BCUT2D eigenvalue weighted by atomic mass is 16.5. The fourth-order valence-corrected chi connectivity index (χ4v) is 1.49. The van der Waals surface area contributed by atoms with Crippen LogP contribution in [0.25, 0.3) is 0 Å². The van der Waals surface area contributed by atoms with Crippen molar-refractivity contribution in [1.82, 2.24) is 5.32 Å². The van der Waals surface area contributed by atoms with Gasteiger partial charge in [0.25, 0.3) is 0 Å². The number of hydroxylamine groups is 3. The molecule has 0 aromatic heterocycles. The van der Waals surface area contributed by atoms with Crippen LogP contribution in [0.5, 0.6) is 0 Å². The summed E-state index contributed by atoms with van der Waals surface area (Å²) < 4.78 is 0. The number of hydrogen-bond acceptors (Lipinski definition) is 2. The van der Waals surface area contributed by atoms with Crippen LogP contribution in [0.4, 0.5) is 0 Å². The smallest absolute Gasteiger partial charge is 0.132 e. The van der Waals surface area contributed by atoms with Crippen LogP contribution in [0.15, 0.2) is 0 Å². The third-order valence-electron chi connectivity index (χ3n) is 2.27. The zero-order valence-corrected chi connectivity index (χ0v) is 7.31. The number of quaternary nitrogens is 1. The van der Waals surface area contributed by atoms with Gasteiger partial charge in [-0.3, -0.25) is 5.32 Å². The van der Waals surface area contributed by atoms with Crippen LogP contribution in [0.1, 0.15) is 26.2 Å². The summed E-state index contributed by atoms with van der Waals surface area (Å²) in [7, 11) is 0. The predicted octanol–water partition coefficient (Wildman–Crippen LogP) is 1.05. The number of rotatable bonds is 4. The molecule has 1 unspecified atom stereocenters. The van der Waals surface area contributed by atoms with Gasteiger partial charge in [-0.25, -0.2) is 0 Å². The Kier molecular flexibility index (Phi) is 3.30. The van der Waals surface area contributed by atoms with Gasteiger partial charge in [0.15, 0.2) is 0 Å². The summed E-state index contributed by atoms with van der Waals surface area (Å²) in [4.78, 5) is 0. The van der Waals surface area contributed by atoms with E-state index in [9.17, 15) is 5.21 Å². The molecule has 3 heteroatoms. The van der Waals surface area contributed by atoms with Crippen molar-refractivity contribution in [2.45, 2.75) is 26.2 Å². The van der Waals surface area contributed by atoms with Crippen molar-refractivity contribution in [2.24, 2.45) is 0 Å². The minimum atomic E-state index is 0. The average Bonchev–Trinajstić information content (AvgIpc) is 2.38. The van der Waals surface area contributed by atoms with Crippen LogP contribution in [-0.4, -0.2) is 30.9 Å². The van der Waals surface area contributed by atoms with Gasteiger partial charge >= 0.3 is 0 Å². The summed E-state index contributed by atoms with van der Waals surface area (Å²) in [5.41, 5.74) is 0. The Labute approximate surface area is 68.6 Å². The molecule has 0 radical (unpaired) electrons. The number of hydrogen-bond donors (Lipinski definition) is 1. The fourth-order valence-electron chi connectivity index (χ4n) is 1.49. The lowest BCUT2D eigenvalue weighted by Crippen LogP contribution is -2.41. The van der Waals surface area contributed by atoms with Crippen molar-refractivity contribution in [1.29, 1.82) is 0 Å². The highest BCUT2D eigenvalue weighted by molar-refractivity contribution is 4.54. The second-order valence-electron chi connectivity index (χ2n) is 3.37. The van der Waals surface area contributed by atoms with Crippen molar-refractivity contribution in [2.75, 3.05) is 26.3 Å². The summed E-state index contributed by atoms with van der Waals surface area (Å²) in [5, 5.41) is 14.8. The van der Waals surface area contributed by atoms with Crippen molar-refractivity contribution in [3.05, 3.63) is 5.21 Å². The normalized spacial score (nSPS) is 31.1. The van der Waals surface area contributed by atoms with Gasteiger partial charge in [-0.1, -0.05) is 13.3 Å². The van der Waals surface area contributed by atoms with Crippen molar-refractivity contribution >= 4 is 0 Å². The first-order valence-electron chi connectivity index (χ1n) is 4.55. The van der Waals surface area contributed by atoms with E-state index < -0.39 is 0 Å². The molecule has 0 bridgehead atoms. The van der Waals surface area contributed by atoms with Crippen LogP contribution in [0, 0.1) is 5.21 Å². The Hall–Kier alpha value is -0.120. The molecule has 1 heterocycles. The molecule has 0 spiro atoms. The molecule has 1 N–H and O–H groups in total. The largest absolute Gasteiger partial charge is 0.632 e. The van der Waals surface area contributed by atoms with Crippen molar-refractivity contribution in [3.8, 4) is 0 Å². The molecular formula is C8H18N2O. The molecule has 0 aliphatic carbocycles. The highest BCUT2D eigenvalue weighted by Gasteiger charge is 2.20. The monoisotopic (exact) mass is 158 g/mol. The Morgan fingerprint density at radius 1 is 1.45 bits per heavy atom. The van der Waals surface area contributed by atoms with E-state index in [0.29, 0.717) is 6.67 Å². The van der Waals surface area contributed by atoms with E-state index in [1.165, 1.54) is 12.8 Å². The first-order chi connectivity index (χ1) is 5.27. The molecule has 0 aromatic carbocycles. The molecular weight excluding hydrogens is 140 g/mol. The molecule has 0 saturated carbocycles. The lowest BCUT2D eigenvalue weighted by atomic mass is 10.2. The number of unbranched alkanes of at least 4 members (excludes halogenated alkanes) is 2. The van der Waals surface area contributed by atoms with Gasteiger partial charge in [-0.2, -0.15) is 0 Å². The first-order valence-corrected chi connectivity index (χ1v) is 4.55. The summed E-state index contributed by atoms with van der Waals surface area (Å²) in [5.74, 6) is 0. The Morgan fingerprint density at radius 2 is 2.27 bits per heavy atom. The molecule has 1 rings (SSSR count). The zero-order valence-electron chi connectivity index (χ0n) is 7.31. The van der Waals surface area contributed by atoms with E-state index in [4.69, 9.17) is 0 Å². The quantitative estimate of drug-likeness (QED) is 0.377. The minimum absolute atomic E-state index is 0. The zero-order chi connectivity index (χ0) is 8.16. The second-order valence-corrected chi connectivity index (χ2v) is 3.37. The maximum absolute atomic E-state index is 11.7. The number of nitrogens with zero attached hydrogens (tertiary/aromatic N) is 1. The summed E-state index contributed by atoms with van der Waals surface area (Å²) >= 11 is 0. The van der Waals surface area contributed by atoms with Crippen molar-refractivity contribution in [3.63, 3.8) is 0 Å². The molecule has 3 nitrogen and oxygen atoms in total. The van der Waals surface area contributed by atoms with Gasteiger partial charge in [-0.15, -0.1) is 0 Å². The third-order valence-corrected chi connectivity index (χ3v) is 2.27. The molecule has 0 amide bonds. The molecule has 66 valence electrons. The van der Waals surface area contributed by atoms with Crippen LogP contribution in [0.2, 0.25) is 0 Å². The van der Waals surface area contributed by atoms with Gasteiger partial charge < -0.3 is 9.85 Å². The molecule has 1 atom stereocenters. The molecule has 1 fully saturated rings. The maximum Gasteiger partial charge on any atom is 0.132 e. The van der Waals surface area contributed by atoms with Crippen LogP contribution in [-0.2, 0) is 0 Å². The fraction of sp³-hybridized carbons (Fsp3) is 1.00.